The molecule has 0 bridgehead atoms. The minimum atomic E-state index is 0.620. The molecule has 2 saturated carbocycles. The molecule has 2 aliphatic carbocycles. The maximum atomic E-state index is 3.79. The third-order valence-corrected chi connectivity index (χ3v) is 4.19. The van der Waals surface area contributed by atoms with Crippen molar-refractivity contribution in [3.8, 4) is 0 Å². The molecule has 2 aliphatic rings. The van der Waals surface area contributed by atoms with Crippen LogP contribution >= 0.6 is 0 Å². The summed E-state index contributed by atoms with van der Waals surface area (Å²) in [5.74, 6) is 0. The second-order valence-corrected chi connectivity index (χ2v) is 6.20. The summed E-state index contributed by atoms with van der Waals surface area (Å²) in [6.45, 7) is 9.47. The van der Waals surface area contributed by atoms with E-state index < -0.39 is 0 Å². The highest BCUT2D eigenvalue weighted by Gasteiger charge is 2.50. The highest BCUT2D eigenvalue weighted by Crippen LogP contribution is 2.50. The van der Waals surface area contributed by atoms with Gasteiger partial charge in [-0.1, -0.05) is 27.7 Å². The van der Waals surface area contributed by atoms with Crippen LogP contribution in [0.4, 0.5) is 0 Å². The minimum absolute atomic E-state index is 0.620. The molecule has 2 unspecified atom stereocenters. The van der Waals surface area contributed by atoms with Gasteiger partial charge >= 0.3 is 0 Å². The molecule has 1 heteroatoms. The zero-order valence-electron chi connectivity index (χ0n) is 9.48. The predicted molar refractivity (Wildman–Crippen MR) is 56.7 cm³/mol. The van der Waals surface area contributed by atoms with E-state index in [-0.39, 0.29) is 0 Å². The van der Waals surface area contributed by atoms with Crippen LogP contribution in [0.5, 0.6) is 0 Å². The average Bonchev–Trinajstić information content (AvgIpc) is 2.59. The maximum Gasteiger partial charge on any atom is 0.0130 e. The van der Waals surface area contributed by atoms with E-state index in [0.29, 0.717) is 10.8 Å². The molecule has 13 heavy (non-hydrogen) atoms. The lowest BCUT2D eigenvalue weighted by Gasteiger charge is -2.43. The van der Waals surface area contributed by atoms with E-state index >= 15 is 0 Å². The van der Waals surface area contributed by atoms with Crippen molar-refractivity contribution in [2.45, 2.75) is 65.5 Å². The number of rotatable bonds is 3. The van der Waals surface area contributed by atoms with E-state index in [4.69, 9.17) is 0 Å². The Kier molecular flexibility index (Phi) is 1.99. The van der Waals surface area contributed by atoms with Gasteiger partial charge in [0.2, 0.25) is 0 Å². The molecule has 0 spiro atoms. The van der Waals surface area contributed by atoms with Gasteiger partial charge in [-0.3, -0.25) is 0 Å². The van der Waals surface area contributed by atoms with Crippen molar-refractivity contribution in [2.24, 2.45) is 10.8 Å². The Morgan fingerprint density at radius 2 is 1.77 bits per heavy atom. The van der Waals surface area contributed by atoms with Crippen molar-refractivity contribution in [2.75, 3.05) is 0 Å². The summed E-state index contributed by atoms with van der Waals surface area (Å²) in [6, 6.07) is 1.66. The van der Waals surface area contributed by atoms with Crippen molar-refractivity contribution >= 4 is 0 Å². The average molecular weight is 181 g/mol. The highest BCUT2D eigenvalue weighted by atomic mass is 15.0. The lowest BCUT2D eigenvalue weighted by Crippen LogP contribution is -2.47. The van der Waals surface area contributed by atoms with Crippen LogP contribution in [0.2, 0.25) is 0 Å². The quantitative estimate of drug-likeness (QED) is 0.706. The Hall–Kier alpha value is -0.0400. The summed E-state index contributed by atoms with van der Waals surface area (Å²) >= 11 is 0. The first kappa shape index (κ1) is 9.51. The highest BCUT2D eigenvalue weighted by molar-refractivity contribution is 5.07. The Bertz CT molecular complexity index is 201. The van der Waals surface area contributed by atoms with Gasteiger partial charge in [-0.05, 0) is 36.5 Å². The molecule has 0 aromatic rings. The molecule has 76 valence electrons. The van der Waals surface area contributed by atoms with Crippen LogP contribution in [-0.4, -0.2) is 12.1 Å². The molecule has 0 aromatic carbocycles. The molecule has 0 radical (unpaired) electrons. The summed E-state index contributed by atoms with van der Waals surface area (Å²) < 4.78 is 0. The van der Waals surface area contributed by atoms with Crippen molar-refractivity contribution in [3.63, 3.8) is 0 Å². The second-order valence-electron chi connectivity index (χ2n) is 6.20. The van der Waals surface area contributed by atoms with Gasteiger partial charge in [0, 0.05) is 12.1 Å². The van der Waals surface area contributed by atoms with Gasteiger partial charge in [-0.25, -0.2) is 0 Å². The van der Waals surface area contributed by atoms with Gasteiger partial charge in [-0.15, -0.1) is 0 Å². The number of hydrogen-bond donors (Lipinski definition) is 1. The first-order valence-corrected chi connectivity index (χ1v) is 5.71. The molecule has 2 atom stereocenters. The van der Waals surface area contributed by atoms with Crippen molar-refractivity contribution < 1.29 is 0 Å². The number of hydrogen-bond acceptors (Lipinski definition) is 1. The second kappa shape index (κ2) is 2.73. The SMILES string of the molecule is CCC1(C)CC1NC1CC(C)(C)C1. The van der Waals surface area contributed by atoms with Crippen molar-refractivity contribution in [1.29, 1.82) is 0 Å². The van der Waals surface area contributed by atoms with Gasteiger partial charge in [0.05, 0.1) is 0 Å². The molecule has 1 N–H and O–H groups in total. The zero-order chi connectivity index (χ0) is 9.69. The molecule has 0 aromatic heterocycles. The van der Waals surface area contributed by atoms with Crippen molar-refractivity contribution in [3.05, 3.63) is 0 Å². The first-order valence-electron chi connectivity index (χ1n) is 5.71. The summed E-state index contributed by atoms with van der Waals surface area (Å²) in [5.41, 5.74) is 1.26. The van der Waals surface area contributed by atoms with Gasteiger partial charge in [0.1, 0.15) is 0 Å². The van der Waals surface area contributed by atoms with Crippen LogP contribution < -0.4 is 5.32 Å². The van der Waals surface area contributed by atoms with Crippen LogP contribution in [0.25, 0.3) is 0 Å². The summed E-state index contributed by atoms with van der Waals surface area (Å²) in [7, 11) is 0. The van der Waals surface area contributed by atoms with E-state index in [2.05, 4.69) is 33.0 Å². The lowest BCUT2D eigenvalue weighted by molar-refractivity contribution is 0.121. The molecule has 0 heterocycles. The maximum absolute atomic E-state index is 3.79. The Balaban J connectivity index is 1.72. The number of nitrogens with one attached hydrogen (secondary N) is 1. The smallest absolute Gasteiger partial charge is 0.0130 e. The normalized spacial score (nSPS) is 42.9. The Labute approximate surface area is 82.3 Å². The van der Waals surface area contributed by atoms with Crippen LogP contribution in [-0.2, 0) is 0 Å². The van der Waals surface area contributed by atoms with E-state index in [1.807, 2.05) is 0 Å². The van der Waals surface area contributed by atoms with Crippen molar-refractivity contribution in [1.82, 2.24) is 5.32 Å². The van der Waals surface area contributed by atoms with Crippen LogP contribution in [0.1, 0.15) is 53.4 Å². The topological polar surface area (TPSA) is 12.0 Å². The Morgan fingerprint density at radius 1 is 1.15 bits per heavy atom. The van der Waals surface area contributed by atoms with E-state index in [1.54, 1.807) is 0 Å². The van der Waals surface area contributed by atoms with E-state index in [9.17, 15) is 0 Å². The van der Waals surface area contributed by atoms with Crippen LogP contribution in [0.3, 0.4) is 0 Å². The molecule has 2 fully saturated rings. The molecular formula is C12H23N. The molecular weight excluding hydrogens is 158 g/mol. The zero-order valence-corrected chi connectivity index (χ0v) is 9.48. The molecule has 0 saturated heterocycles. The molecule has 0 aliphatic heterocycles. The summed E-state index contributed by atoms with van der Waals surface area (Å²) in [4.78, 5) is 0. The van der Waals surface area contributed by atoms with Gasteiger partial charge in [-0.2, -0.15) is 0 Å². The fraction of sp³-hybridized carbons (Fsp3) is 1.00. The van der Waals surface area contributed by atoms with Gasteiger partial charge < -0.3 is 5.32 Å². The summed E-state index contributed by atoms with van der Waals surface area (Å²) in [5, 5.41) is 3.79. The molecule has 2 rings (SSSR count). The minimum Gasteiger partial charge on any atom is -0.311 e. The third kappa shape index (κ3) is 1.76. The first-order chi connectivity index (χ1) is 5.95. The summed E-state index contributed by atoms with van der Waals surface area (Å²) in [6.07, 6.45) is 5.49. The predicted octanol–water partition coefficient (Wildman–Crippen LogP) is 2.95. The third-order valence-electron chi connectivity index (χ3n) is 4.19. The molecule has 0 amide bonds. The fourth-order valence-corrected chi connectivity index (χ4v) is 2.73. The van der Waals surface area contributed by atoms with Crippen LogP contribution in [0, 0.1) is 10.8 Å². The largest absolute Gasteiger partial charge is 0.311 e. The monoisotopic (exact) mass is 181 g/mol. The molecule has 1 nitrogen and oxygen atoms in total. The Morgan fingerprint density at radius 3 is 2.15 bits per heavy atom. The standard InChI is InChI=1S/C12H23N/c1-5-12(4)8-10(12)13-9-6-11(2,3)7-9/h9-10,13H,5-8H2,1-4H3. The lowest BCUT2D eigenvalue weighted by atomic mass is 9.68. The fourth-order valence-electron chi connectivity index (χ4n) is 2.73. The van der Waals surface area contributed by atoms with Gasteiger partial charge in [0.15, 0.2) is 0 Å². The van der Waals surface area contributed by atoms with Gasteiger partial charge in [0.25, 0.3) is 0 Å². The van der Waals surface area contributed by atoms with E-state index in [0.717, 1.165) is 12.1 Å². The van der Waals surface area contributed by atoms with Crippen LogP contribution in [0.15, 0.2) is 0 Å². The van der Waals surface area contributed by atoms with E-state index in [1.165, 1.54) is 25.7 Å².